The molecule has 1 saturated carbocycles. The van der Waals surface area contributed by atoms with Crippen LogP contribution in [-0.2, 0) is 15.1 Å². The Kier molecular flexibility index (Phi) is 4.52. The van der Waals surface area contributed by atoms with Gasteiger partial charge in [-0.2, -0.15) is 0 Å². The molecule has 5 heteroatoms. The van der Waals surface area contributed by atoms with Crippen molar-refractivity contribution in [1.82, 2.24) is 0 Å². The second-order valence-corrected chi connectivity index (χ2v) is 8.76. The van der Waals surface area contributed by atoms with Crippen molar-refractivity contribution in [1.29, 1.82) is 0 Å². The number of carbonyl (C=O) groups excluding carboxylic acids is 2. The standard InChI is InChI=1S/C21H28O5/c1-19(2,3)13-9-11-14(12-10-13)20(24)17(22)15-7-5-6-8-16(15)21(20,25)18(23)26-4/h5-8,13-14,24-25H,9-12H2,1-4H3/t13?,14?,20-,21+/m1/s1. The lowest BCUT2D eigenvalue weighted by molar-refractivity contribution is -0.198. The summed E-state index contributed by atoms with van der Waals surface area (Å²) in [4.78, 5) is 25.7. The molecule has 1 aromatic rings. The topological polar surface area (TPSA) is 83.8 Å². The largest absolute Gasteiger partial charge is 0.467 e. The number of Topliss-reactive ketones (excluding diaryl/α,β-unsaturated/α-hetero) is 1. The highest BCUT2D eigenvalue weighted by Crippen LogP contribution is 2.53. The Hall–Kier alpha value is -1.72. The van der Waals surface area contributed by atoms with E-state index in [-0.39, 0.29) is 16.5 Å². The summed E-state index contributed by atoms with van der Waals surface area (Å²) in [5.41, 5.74) is -4.07. The van der Waals surface area contributed by atoms with Crippen LogP contribution >= 0.6 is 0 Å². The maximum atomic E-state index is 13.1. The summed E-state index contributed by atoms with van der Waals surface area (Å²) in [6.07, 6.45) is 2.85. The molecule has 2 atom stereocenters. The van der Waals surface area contributed by atoms with Crippen molar-refractivity contribution in [2.45, 2.75) is 57.7 Å². The molecule has 0 aromatic heterocycles. The van der Waals surface area contributed by atoms with Crippen LogP contribution in [0.1, 0.15) is 62.4 Å². The zero-order valence-corrected chi connectivity index (χ0v) is 15.9. The van der Waals surface area contributed by atoms with Crippen LogP contribution < -0.4 is 0 Å². The van der Waals surface area contributed by atoms with E-state index in [0.29, 0.717) is 18.8 Å². The number of benzene rings is 1. The fourth-order valence-electron chi connectivity index (χ4n) is 4.84. The number of ketones is 1. The minimum Gasteiger partial charge on any atom is -0.467 e. The number of rotatable bonds is 2. The summed E-state index contributed by atoms with van der Waals surface area (Å²) >= 11 is 0. The van der Waals surface area contributed by atoms with Crippen LogP contribution in [0.2, 0.25) is 0 Å². The van der Waals surface area contributed by atoms with E-state index in [1.807, 2.05) is 0 Å². The van der Waals surface area contributed by atoms with Gasteiger partial charge in [0.05, 0.1) is 7.11 Å². The Labute approximate surface area is 154 Å². The highest BCUT2D eigenvalue weighted by molar-refractivity contribution is 6.13. The van der Waals surface area contributed by atoms with Crippen LogP contribution in [0.5, 0.6) is 0 Å². The first-order valence-electron chi connectivity index (χ1n) is 9.26. The molecule has 0 unspecified atom stereocenters. The number of methoxy groups -OCH3 is 1. The lowest BCUT2D eigenvalue weighted by Gasteiger charge is -2.45. The molecular weight excluding hydrogens is 332 g/mol. The molecule has 1 fully saturated rings. The number of carbonyl (C=O) groups is 2. The molecule has 0 radical (unpaired) electrons. The summed E-state index contributed by atoms with van der Waals surface area (Å²) in [6, 6.07) is 6.37. The van der Waals surface area contributed by atoms with Gasteiger partial charge in [-0.1, -0.05) is 45.0 Å². The van der Waals surface area contributed by atoms with Gasteiger partial charge >= 0.3 is 5.97 Å². The van der Waals surface area contributed by atoms with Gasteiger partial charge in [-0.3, -0.25) is 4.79 Å². The Morgan fingerprint density at radius 2 is 1.69 bits per heavy atom. The summed E-state index contributed by atoms with van der Waals surface area (Å²) in [5.74, 6) is -1.59. The van der Waals surface area contributed by atoms with Crippen LogP contribution in [0.4, 0.5) is 0 Å². The van der Waals surface area contributed by atoms with E-state index in [4.69, 9.17) is 4.74 Å². The molecule has 0 aliphatic heterocycles. The van der Waals surface area contributed by atoms with Gasteiger partial charge in [0.1, 0.15) is 0 Å². The molecule has 0 bridgehead atoms. The van der Waals surface area contributed by atoms with Crippen molar-refractivity contribution < 1.29 is 24.5 Å². The molecule has 26 heavy (non-hydrogen) atoms. The molecule has 142 valence electrons. The zero-order valence-electron chi connectivity index (χ0n) is 15.9. The Morgan fingerprint density at radius 3 is 2.23 bits per heavy atom. The molecule has 0 heterocycles. The number of fused-ring (bicyclic) bond motifs is 1. The quantitative estimate of drug-likeness (QED) is 0.793. The lowest BCUT2D eigenvalue weighted by Crippen LogP contribution is -2.62. The maximum Gasteiger partial charge on any atom is 0.346 e. The number of aliphatic hydroxyl groups is 2. The number of esters is 1. The van der Waals surface area contributed by atoms with Gasteiger partial charge in [0, 0.05) is 11.1 Å². The van der Waals surface area contributed by atoms with E-state index in [1.165, 1.54) is 6.07 Å². The number of hydrogen-bond donors (Lipinski definition) is 2. The first kappa shape index (κ1) is 19.1. The zero-order chi connectivity index (χ0) is 19.3. The van der Waals surface area contributed by atoms with E-state index >= 15 is 0 Å². The van der Waals surface area contributed by atoms with E-state index in [2.05, 4.69) is 20.8 Å². The molecule has 2 aliphatic carbocycles. The van der Waals surface area contributed by atoms with Crippen LogP contribution in [-0.4, -0.2) is 34.7 Å². The second-order valence-electron chi connectivity index (χ2n) is 8.76. The van der Waals surface area contributed by atoms with Crippen molar-refractivity contribution in [2.75, 3.05) is 7.11 Å². The average molecular weight is 360 g/mol. The lowest BCUT2D eigenvalue weighted by atomic mass is 9.63. The molecular formula is C21H28O5. The predicted octanol–water partition coefficient (Wildman–Crippen LogP) is 2.83. The third-order valence-electron chi connectivity index (χ3n) is 6.48. The second kappa shape index (κ2) is 6.17. The smallest absolute Gasteiger partial charge is 0.346 e. The molecule has 0 saturated heterocycles. The third kappa shape index (κ3) is 2.44. The fourth-order valence-corrected chi connectivity index (χ4v) is 4.84. The first-order chi connectivity index (χ1) is 12.1. The molecule has 5 nitrogen and oxygen atoms in total. The van der Waals surface area contributed by atoms with Gasteiger partial charge in [-0.05, 0) is 42.9 Å². The van der Waals surface area contributed by atoms with Crippen molar-refractivity contribution in [2.24, 2.45) is 17.3 Å². The summed E-state index contributed by atoms with van der Waals surface area (Å²) in [6.45, 7) is 6.57. The normalized spacial score (nSPS) is 34.5. The highest BCUT2D eigenvalue weighted by atomic mass is 16.5. The molecule has 3 rings (SSSR count). The van der Waals surface area contributed by atoms with Crippen molar-refractivity contribution >= 4 is 11.8 Å². The molecule has 1 aromatic carbocycles. The van der Waals surface area contributed by atoms with E-state index in [9.17, 15) is 19.8 Å². The number of ether oxygens (including phenoxy) is 1. The molecule has 2 N–H and O–H groups in total. The van der Waals surface area contributed by atoms with Gasteiger partial charge in [-0.25, -0.2) is 4.79 Å². The summed E-state index contributed by atoms with van der Waals surface area (Å²) in [5, 5.41) is 22.8. The van der Waals surface area contributed by atoms with Gasteiger partial charge in [0.15, 0.2) is 11.4 Å². The minimum atomic E-state index is -2.37. The Morgan fingerprint density at radius 1 is 1.12 bits per heavy atom. The van der Waals surface area contributed by atoms with Crippen molar-refractivity contribution in [3.8, 4) is 0 Å². The molecule has 0 amide bonds. The van der Waals surface area contributed by atoms with Crippen LogP contribution in [0, 0.1) is 17.3 Å². The van der Waals surface area contributed by atoms with Gasteiger partial charge in [0.25, 0.3) is 0 Å². The summed E-state index contributed by atoms with van der Waals surface area (Å²) in [7, 11) is 1.16. The van der Waals surface area contributed by atoms with E-state index in [0.717, 1.165) is 20.0 Å². The average Bonchev–Trinajstić information content (AvgIpc) is 2.81. The van der Waals surface area contributed by atoms with Crippen molar-refractivity contribution in [3.63, 3.8) is 0 Å². The van der Waals surface area contributed by atoms with Gasteiger partial charge in [0.2, 0.25) is 5.60 Å². The molecule has 2 aliphatic rings. The van der Waals surface area contributed by atoms with E-state index in [1.54, 1.807) is 18.2 Å². The molecule has 0 spiro atoms. The van der Waals surface area contributed by atoms with Gasteiger partial charge in [-0.15, -0.1) is 0 Å². The fraction of sp³-hybridized carbons (Fsp3) is 0.619. The maximum absolute atomic E-state index is 13.1. The van der Waals surface area contributed by atoms with Crippen molar-refractivity contribution in [3.05, 3.63) is 35.4 Å². The van der Waals surface area contributed by atoms with Crippen LogP contribution in [0.3, 0.4) is 0 Å². The SMILES string of the molecule is COC(=O)[C@@]1(O)c2ccccc2C(=O)[C@]1(O)C1CCC(C(C)(C)C)CC1. The first-order valence-corrected chi connectivity index (χ1v) is 9.26. The predicted molar refractivity (Wildman–Crippen MR) is 96.5 cm³/mol. The van der Waals surface area contributed by atoms with E-state index < -0.39 is 28.9 Å². The summed E-state index contributed by atoms with van der Waals surface area (Å²) < 4.78 is 4.80. The Bertz CT molecular complexity index is 726. The Balaban J connectivity index is 2.02. The van der Waals surface area contributed by atoms with Crippen LogP contribution in [0.25, 0.3) is 0 Å². The van der Waals surface area contributed by atoms with Crippen LogP contribution in [0.15, 0.2) is 24.3 Å². The van der Waals surface area contributed by atoms with Gasteiger partial charge < -0.3 is 14.9 Å². The highest BCUT2D eigenvalue weighted by Gasteiger charge is 2.70. The monoisotopic (exact) mass is 360 g/mol. The number of hydrogen-bond acceptors (Lipinski definition) is 5. The third-order valence-corrected chi connectivity index (χ3v) is 6.48. The minimum absolute atomic E-state index is 0.136.